The van der Waals surface area contributed by atoms with Gasteiger partial charge in [0.25, 0.3) is 0 Å². The predicted molar refractivity (Wildman–Crippen MR) is 112 cm³/mol. The van der Waals surface area contributed by atoms with Gasteiger partial charge in [-0.3, -0.25) is 4.99 Å². The quantitative estimate of drug-likeness (QED) is 0.205. The minimum absolute atomic E-state index is 0. The van der Waals surface area contributed by atoms with Gasteiger partial charge in [-0.25, -0.2) is 0 Å². The van der Waals surface area contributed by atoms with Gasteiger partial charge in [0.2, 0.25) is 0 Å². The van der Waals surface area contributed by atoms with Gasteiger partial charge in [0.05, 0.1) is 6.10 Å². The van der Waals surface area contributed by atoms with E-state index >= 15 is 0 Å². The monoisotopic (exact) mass is 455 g/mol. The smallest absolute Gasteiger partial charge is 0.191 e. The maximum Gasteiger partial charge on any atom is 0.191 e. The van der Waals surface area contributed by atoms with E-state index in [4.69, 9.17) is 9.47 Å². The average Bonchev–Trinajstić information content (AvgIpc) is 3.03. The molecule has 0 heterocycles. The summed E-state index contributed by atoms with van der Waals surface area (Å²) < 4.78 is 11.4. The second-order valence-electron chi connectivity index (χ2n) is 6.64. The highest BCUT2D eigenvalue weighted by Crippen LogP contribution is 2.20. The minimum atomic E-state index is 0. The van der Waals surface area contributed by atoms with Crippen LogP contribution in [0.2, 0.25) is 0 Å². The first-order chi connectivity index (χ1) is 11.2. The molecule has 0 saturated heterocycles. The second-order valence-corrected chi connectivity index (χ2v) is 6.64. The van der Waals surface area contributed by atoms with Gasteiger partial charge in [-0.05, 0) is 38.5 Å². The number of hydrogen-bond donors (Lipinski definition) is 2. The van der Waals surface area contributed by atoms with Crippen LogP contribution < -0.4 is 10.6 Å². The zero-order chi connectivity index (χ0) is 16.8. The van der Waals surface area contributed by atoms with Crippen LogP contribution in [-0.4, -0.2) is 51.5 Å². The fourth-order valence-electron chi connectivity index (χ4n) is 2.60. The number of aliphatic imine (C=N–C) groups is 1. The third-order valence-electron chi connectivity index (χ3n) is 3.78. The van der Waals surface area contributed by atoms with Crippen LogP contribution in [0.3, 0.4) is 0 Å². The van der Waals surface area contributed by atoms with Gasteiger partial charge in [0, 0.05) is 39.5 Å². The van der Waals surface area contributed by atoms with Crippen molar-refractivity contribution >= 4 is 29.9 Å². The molecule has 1 aliphatic rings. The number of guanidine groups is 1. The Morgan fingerprint density at radius 2 is 1.88 bits per heavy atom. The van der Waals surface area contributed by atoms with Crippen LogP contribution in [0.5, 0.6) is 0 Å². The molecule has 0 spiro atoms. The summed E-state index contributed by atoms with van der Waals surface area (Å²) in [6, 6.07) is 0. The standard InChI is InChI=1S/C18H37N3O2.HI/c1-4-19-18(20-11-7-13-22-15-16(2)3)21-12-8-14-23-17-9-5-6-10-17;/h16-17H,4-15H2,1-3H3,(H2,19,20,21);1H. The molecule has 1 fully saturated rings. The SMILES string of the molecule is CCNC(=NCCCOCC(C)C)NCCCOC1CCCC1.I. The van der Waals surface area contributed by atoms with Crippen molar-refractivity contribution in [1.29, 1.82) is 0 Å². The van der Waals surface area contributed by atoms with Gasteiger partial charge in [0.1, 0.15) is 0 Å². The summed E-state index contributed by atoms with van der Waals surface area (Å²) in [6.07, 6.45) is 7.67. The molecule has 0 aromatic heterocycles. The van der Waals surface area contributed by atoms with Gasteiger partial charge in [0.15, 0.2) is 5.96 Å². The lowest BCUT2D eigenvalue weighted by Crippen LogP contribution is -2.38. The van der Waals surface area contributed by atoms with Gasteiger partial charge >= 0.3 is 0 Å². The highest BCUT2D eigenvalue weighted by atomic mass is 127. The maximum atomic E-state index is 5.87. The van der Waals surface area contributed by atoms with Crippen molar-refractivity contribution in [2.24, 2.45) is 10.9 Å². The van der Waals surface area contributed by atoms with E-state index in [1.807, 2.05) is 0 Å². The molecule has 0 aliphatic heterocycles. The molecule has 0 radical (unpaired) electrons. The van der Waals surface area contributed by atoms with Crippen LogP contribution >= 0.6 is 24.0 Å². The number of ether oxygens (including phenoxy) is 2. The zero-order valence-electron chi connectivity index (χ0n) is 15.8. The fourth-order valence-corrected chi connectivity index (χ4v) is 2.60. The second kappa shape index (κ2) is 16.4. The molecule has 0 bridgehead atoms. The Morgan fingerprint density at radius 1 is 1.12 bits per heavy atom. The Morgan fingerprint density at radius 3 is 2.54 bits per heavy atom. The van der Waals surface area contributed by atoms with E-state index in [0.29, 0.717) is 12.0 Å². The molecule has 2 N–H and O–H groups in total. The Bertz CT molecular complexity index is 309. The van der Waals surface area contributed by atoms with Gasteiger partial charge in [-0.2, -0.15) is 0 Å². The molecule has 6 heteroatoms. The van der Waals surface area contributed by atoms with E-state index < -0.39 is 0 Å². The summed E-state index contributed by atoms with van der Waals surface area (Å²) in [7, 11) is 0. The van der Waals surface area contributed by atoms with E-state index in [0.717, 1.165) is 58.3 Å². The molecule has 1 saturated carbocycles. The Labute approximate surface area is 165 Å². The van der Waals surface area contributed by atoms with E-state index in [1.54, 1.807) is 0 Å². The average molecular weight is 455 g/mol. The number of rotatable bonds is 12. The maximum absolute atomic E-state index is 5.87. The largest absolute Gasteiger partial charge is 0.381 e. The summed E-state index contributed by atoms with van der Waals surface area (Å²) in [5, 5.41) is 6.65. The number of nitrogens with zero attached hydrogens (tertiary/aromatic N) is 1. The third-order valence-corrected chi connectivity index (χ3v) is 3.78. The Kier molecular flexibility index (Phi) is 16.3. The minimum Gasteiger partial charge on any atom is -0.381 e. The van der Waals surface area contributed by atoms with Crippen LogP contribution in [-0.2, 0) is 9.47 Å². The lowest BCUT2D eigenvalue weighted by atomic mass is 10.2. The van der Waals surface area contributed by atoms with Crippen molar-refractivity contribution in [1.82, 2.24) is 10.6 Å². The molecule has 24 heavy (non-hydrogen) atoms. The number of nitrogens with one attached hydrogen (secondary N) is 2. The van der Waals surface area contributed by atoms with Crippen LogP contribution in [0, 0.1) is 5.92 Å². The normalized spacial score (nSPS) is 15.6. The first kappa shape index (κ1) is 23.9. The summed E-state index contributed by atoms with van der Waals surface area (Å²) in [5.41, 5.74) is 0. The Hall–Kier alpha value is -0.0800. The molecule has 0 aromatic rings. The van der Waals surface area contributed by atoms with Crippen LogP contribution in [0.4, 0.5) is 0 Å². The van der Waals surface area contributed by atoms with Crippen LogP contribution in [0.25, 0.3) is 0 Å². The lowest BCUT2D eigenvalue weighted by molar-refractivity contribution is 0.0574. The molecular weight excluding hydrogens is 417 g/mol. The van der Waals surface area contributed by atoms with E-state index in [2.05, 4.69) is 36.4 Å². The third kappa shape index (κ3) is 13.2. The van der Waals surface area contributed by atoms with Crippen LogP contribution in [0.15, 0.2) is 4.99 Å². The molecule has 1 aliphatic carbocycles. The molecule has 5 nitrogen and oxygen atoms in total. The van der Waals surface area contributed by atoms with Crippen molar-refractivity contribution in [2.75, 3.05) is 39.5 Å². The number of halogens is 1. The highest BCUT2D eigenvalue weighted by Gasteiger charge is 2.14. The van der Waals surface area contributed by atoms with E-state index in [9.17, 15) is 0 Å². The summed E-state index contributed by atoms with van der Waals surface area (Å²) >= 11 is 0. The van der Waals surface area contributed by atoms with Gasteiger partial charge in [-0.1, -0.05) is 26.7 Å². The Balaban J connectivity index is 0.00000529. The van der Waals surface area contributed by atoms with Gasteiger partial charge in [-0.15, -0.1) is 24.0 Å². The summed E-state index contributed by atoms with van der Waals surface area (Å²) in [6.45, 7) is 11.5. The molecular formula is C18H38IN3O2. The molecule has 144 valence electrons. The van der Waals surface area contributed by atoms with Crippen molar-refractivity contribution in [3.05, 3.63) is 0 Å². The lowest BCUT2D eigenvalue weighted by Gasteiger charge is -2.13. The molecule has 0 unspecified atom stereocenters. The van der Waals surface area contributed by atoms with Crippen molar-refractivity contribution < 1.29 is 9.47 Å². The fraction of sp³-hybridized carbons (Fsp3) is 0.944. The summed E-state index contributed by atoms with van der Waals surface area (Å²) in [4.78, 5) is 4.58. The highest BCUT2D eigenvalue weighted by molar-refractivity contribution is 14.0. The molecule has 0 aromatic carbocycles. The predicted octanol–water partition coefficient (Wildman–Crippen LogP) is 3.57. The molecule has 0 amide bonds. The zero-order valence-corrected chi connectivity index (χ0v) is 18.1. The first-order valence-electron chi connectivity index (χ1n) is 9.44. The van der Waals surface area contributed by atoms with Crippen molar-refractivity contribution in [3.8, 4) is 0 Å². The van der Waals surface area contributed by atoms with Crippen molar-refractivity contribution in [3.63, 3.8) is 0 Å². The van der Waals surface area contributed by atoms with E-state index in [1.165, 1.54) is 25.7 Å². The first-order valence-corrected chi connectivity index (χ1v) is 9.44. The number of hydrogen-bond acceptors (Lipinski definition) is 3. The molecule has 1 rings (SSSR count). The van der Waals surface area contributed by atoms with Gasteiger partial charge < -0.3 is 20.1 Å². The van der Waals surface area contributed by atoms with E-state index in [-0.39, 0.29) is 24.0 Å². The van der Waals surface area contributed by atoms with Crippen molar-refractivity contribution in [2.45, 2.75) is 65.4 Å². The summed E-state index contributed by atoms with van der Waals surface area (Å²) in [5.74, 6) is 1.50. The topological polar surface area (TPSA) is 54.9 Å². The molecule has 0 atom stereocenters. The van der Waals surface area contributed by atoms with Crippen LogP contribution in [0.1, 0.15) is 59.3 Å².